The van der Waals surface area contributed by atoms with E-state index in [1.54, 1.807) is 18.2 Å². The molecular weight excluding hydrogens is 366 g/mol. The third-order valence-electron chi connectivity index (χ3n) is 3.98. The van der Waals surface area contributed by atoms with E-state index < -0.39 is 18.5 Å². The molecule has 1 aromatic carbocycles. The molecule has 0 aliphatic heterocycles. The zero-order chi connectivity index (χ0) is 20.1. The molecule has 1 N–H and O–H groups in total. The number of methoxy groups -OCH3 is 2. The summed E-state index contributed by atoms with van der Waals surface area (Å²) >= 11 is 0. The van der Waals surface area contributed by atoms with Gasteiger partial charge in [-0.15, -0.1) is 0 Å². The Morgan fingerprint density at radius 3 is 2.71 bits per heavy atom. The summed E-state index contributed by atoms with van der Waals surface area (Å²) in [5.74, 6) is 0.195. The molecule has 0 fully saturated rings. The van der Waals surface area contributed by atoms with Crippen molar-refractivity contribution in [3.8, 4) is 11.5 Å². The van der Waals surface area contributed by atoms with Gasteiger partial charge in [-0.2, -0.15) is 10.1 Å². The molecule has 0 bridgehead atoms. The smallest absolute Gasteiger partial charge is 0.342 e. The topological polar surface area (TPSA) is 117 Å². The van der Waals surface area contributed by atoms with Crippen LogP contribution in [0.1, 0.15) is 23.0 Å². The van der Waals surface area contributed by atoms with Gasteiger partial charge in [0.2, 0.25) is 0 Å². The normalized spacial score (nSPS) is 10.5. The van der Waals surface area contributed by atoms with Crippen LogP contribution >= 0.6 is 0 Å². The first-order chi connectivity index (χ1) is 13.6. The Hall–Kier alpha value is -3.69. The first-order valence-electron chi connectivity index (χ1n) is 8.44. The summed E-state index contributed by atoms with van der Waals surface area (Å²) in [5, 5.41) is 6.68. The van der Waals surface area contributed by atoms with Gasteiger partial charge in [0, 0.05) is 12.3 Å². The van der Waals surface area contributed by atoms with Crippen molar-refractivity contribution in [3.63, 3.8) is 0 Å². The van der Waals surface area contributed by atoms with E-state index in [0.29, 0.717) is 35.1 Å². The van der Waals surface area contributed by atoms with Crippen LogP contribution in [0.15, 0.2) is 30.7 Å². The van der Waals surface area contributed by atoms with E-state index in [1.165, 1.54) is 31.3 Å². The zero-order valence-corrected chi connectivity index (χ0v) is 15.6. The summed E-state index contributed by atoms with van der Waals surface area (Å²) in [6.07, 6.45) is 3.24. The fourth-order valence-electron chi connectivity index (χ4n) is 2.64. The average molecular weight is 385 g/mol. The van der Waals surface area contributed by atoms with Crippen LogP contribution in [-0.2, 0) is 16.0 Å². The van der Waals surface area contributed by atoms with E-state index in [0.717, 1.165) is 0 Å². The highest BCUT2D eigenvalue weighted by molar-refractivity contribution is 5.96. The van der Waals surface area contributed by atoms with Crippen molar-refractivity contribution in [2.24, 2.45) is 0 Å². The number of nitrogens with zero attached hydrogens (tertiary/aromatic N) is 4. The predicted octanol–water partition coefficient (Wildman–Crippen LogP) is 1.50. The van der Waals surface area contributed by atoms with Crippen LogP contribution in [-0.4, -0.2) is 52.3 Å². The van der Waals surface area contributed by atoms with Crippen molar-refractivity contribution < 1.29 is 23.8 Å². The summed E-state index contributed by atoms with van der Waals surface area (Å²) in [6, 6.07) is 4.97. The zero-order valence-electron chi connectivity index (χ0n) is 15.6. The summed E-state index contributed by atoms with van der Waals surface area (Å²) < 4.78 is 16.9. The minimum atomic E-state index is -0.672. The molecule has 0 radical (unpaired) electrons. The van der Waals surface area contributed by atoms with E-state index in [4.69, 9.17) is 14.2 Å². The molecule has 146 valence electrons. The van der Waals surface area contributed by atoms with Crippen LogP contribution in [0, 0.1) is 0 Å². The van der Waals surface area contributed by atoms with Gasteiger partial charge in [0.25, 0.3) is 11.7 Å². The Bertz CT molecular complexity index is 1020. The number of nitrogens with one attached hydrogen (secondary N) is 1. The fraction of sp³-hybridized carbons (Fsp3) is 0.278. The molecule has 0 unspecified atom stereocenters. The molecule has 10 nitrogen and oxygen atoms in total. The predicted molar refractivity (Wildman–Crippen MR) is 98.6 cm³/mol. The maximum Gasteiger partial charge on any atom is 0.342 e. The SMILES string of the molecule is CCc1c(C(=O)OCC(=O)Nc2cc(OC)ccc2OC)cnc2ncnn12. The summed E-state index contributed by atoms with van der Waals surface area (Å²) in [6.45, 7) is 1.40. The number of aryl methyl sites for hydroxylation is 1. The highest BCUT2D eigenvalue weighted by atomic mass is 16.5. The standard InChI is InChI=1S/C18H19N5O5/c1-4-14-12(8-19-18-20-10-21-23(14)18)17(25)28-9-16(24)22-13-7-11(26-2)5-6-15(13)27-3/h5-8,10H,4,9H2,1-3H3,(H,22,24). The Morgan fingerprint density at radius 1 is 1.18 bits per heavy atom. The number of carbonyl (C=O) groups is 2. The first-order valence-corrected chi connectivity index (χ1v) is 8.44. The van der Waals surface area contributed by atoms with Crippen molar-refractivity contribution >= 4 is 23.3 Å². The largest absolute Gasteiger partial charge is 0.497 e. The lowest BCUT2D eigenvalue weighted by Crippen LogP contribution is -2.22. The maximum atomic E-state index is 12.4. The second-order valence-corrected chi connectivity index (χ2v) is 5.63. The molecule has 2 heterocycles. The van der Waals surface area contributed by atoms with E-state index in [9.17, 15) is 9.59 Å². The lowest BCUT2D eigenvalue weighted by atomic mass is 10.2. The minimum absolute atomic E-state index is 0.229. The van der Waals surface area contributed by atoms with Crippen LogP contribution in [0.2, 0.25) is 0 Å². The Morgan fingerprint density at radius 2 is 2.00 bits per heavy atom. The second kappa shape index (κ2) is 8.33. The number of benzene rings is 1. The molecule has 0 saturated heterocycles. The number of ether oxygens (including phenoxy) is 3. The summed E-state index contributed by atoms with van der Waals surface area (Å²) in [5.41, 5.74) is 1.23. The highest BCUT2D eigenvalue weighted by Gasteiger charge is 2.18. The van der Waals surface area contributed by atoms with Crippen LogP contribution in [0.5, 0.6) is 11.5 Å². The number of carbonyl (C=O) groups excluding carboxylic acids is 2. The van der Waals surface area contributed by atoms with Gasteiger partial charge in [0.05, 0.1) is 31.2 Å². The van der Waals surface area contributed by atoms with E-state index in [-0.39, 0.29) is 5.56 Å². The molecule has 28 heavy (non-hydrogen) atoms. The molecule has 2 aromatic heterocycles. The van der Waals surface area contributed by atoms with Gasteiger partial charge >= 0.3 is 5.97 Å². The molecule has 3 aromatic rings. The number of hydrogen-bond donors (Lipinski definition) is 1. The van der Waals surface area contributed by atoms with Gasteiger partial charge in [-0.25, -0.2) is 14.3 Å². The Kier molecular flexibility index (Phi) is 5.68. The lowest BCUT2D eigenvalue weighted by molar-refractivity contribution is -0.119. The quantitative estimate of drug-likeness (QED) is 0.608. The average Bonchev–Trinajstić information content (AvgIpc) is 3.20. The van der Waals surface area contributed by atoms with Crippen LogP contribution < -0.4 is 14.8 Å². The van der Waals surface area contributed by atoms with Gasteiger partial charge in [-0.3, -0.25) is 4.79 Å². The van der Waals surface area contributed by atoms with Crippen LogP contribution in [0.3, 0.4) is 0 Å². The molecule has 0 saturated carbocycles. The van der Waals surface area contributed by atoms with Crippen molar-refractivity contribution in [2.45, 2.75) is 13.3 Å². The molecule has 0 aliphatic rings. The van der Waals surface area contributed by atoms with Crippen LogP contribution in [0.25, 0.3) is 5.78 Å². The summed E-state index contributed by atoms with van der Waals surface area (Å²) in [4.78, 5) is 32.7. The number of aromatic nitrogens is 4. The van der Waals surface area contributed by atoms with E-state index in [2.05, 4.69) is 20.4 Å². The highest BCUT2D eigenvalue weighted by Crippen LogP contribution is 2.28. The molecule has 1 amide bonds. The monoisotopic (exact) mass is 385 g/mol. The van der Waals surface area contributed by atoms with Crippen molar-refractivity contribution in [3.05, 3.63) is 42.0 Å². The van der Waals surface area contributed by atoms with Crippen molar-refractivity contribution in [2.75, 3.05) is 26.1 Å². The first kappa shape index (κ1) is 19.1. The third-order valence-corrected chi connectivity index (χ3v) is 3.98. The molecule has 0 spiro atoms. The third kappa shape index (κ3) is 3.85. The molecule has 3 rings (SSSR count). The van der Waals surface area contributed by atoms with Gasteiger partial charge in [0.15, 0.2) is 6.61 Å². The molecular formula is C18H19N5O5. The van der Waals surface area contributed by atoms with Gasteiger partial charge in [-0.1, -0.05) is 6.92 Å². The number of esters is 1. The van der Waals surface area contributed by atoms with Crippen molar-refractivity contribution in [1.29, 1.82) is 0 Å². The second-order valence-electron chi connectivity index (χ2n) is 5.63. The van der Waals surface area contributed by atoms with Gasteiger partial charge < -0.3 is 19.5 Å². The van der Waals surface area contributed by atoms with E-state index >= 15 is 0 Å². The fourth-order valence-corrected chi connectivity index (χ4v) is 2.64. The minimum Gasteiger partial charge on any atom is -0.497 e. The maximum absolute atomic E-state index is 12.4. The number of hydrogen-bond acceptors (Lipinski definition) is 8. The number of amides is 1. The molecule has 0 aliphatic carbocycles. The van der Waals surface area contributed by atoms with Gasteiger partial charge in [0.1, 0.15) is 17.8 Å². The summed E-state index contributed by atoms with van der Waals surface area (Å²) in [7, 11) is 3.00. The van der Waals surface area contributed by atoms with E-state index in [1.807, 2.05) is 6.92 Å². The molecule has 10 heteroatoms. The Labute approximate surface area is 160 Å². The Balaban J connectivity index is 1.69. The van der Waals surface area contributed by atoms with Crippen molar-refractivity contribution in [1.82, 2.24) is 19.6 Å². The number of anilines is 1. The number of fused-ring (bicyclic) bond motifs is 1. The lowest BCUT2D eigenvalue weighted by Gasteiger charge is -2.12. The van der Waals surface area contributed by atoms with Crippen LogP contribution in [0.4, 0.5) is 5.69 Å². The molecule has 0 atom stereocenters. The number of rotatable bonds is 7. The van der Waals surface area contributed by atoms with Gasteiger partial charge in [-0.05, 0) is 18.6 Å².